The number of rotatable bonds is 5. The van der Waals surface area contributed by atoms with E-state index in [1.54, 1.807) is 30.3 Å². The number of fused-ring (bicyclic) bond motifs is 1. The third-order valence-electron chi connectivity index (χ3n) is 4.52. The molecule has 0 bridgehead atoms. The van der Waals surface area contributed by atoms with Gasteiger partial charge in [0.05, 0.1) is 15.6 Å². The molecule has 0 atom stereocenters. The third kappa shape index (κ3) is 4.62. The Kier molecular flexibility index (Phi) is 5.51. The highest BCUT2D eigenvalue weighted by Crippen LogP contribution is 2.30. The molecule has 1 heterocycles. The molecule has 1 amide bonds. The molecule has 0 unspecified atom stereocenters. The number of aryl methyl sites for hydroxylation is 1. The molecule has 3 aromatic carbocycles. The Morgan fingerprint density at radius 2 is 2.00 bits per heavy atom. The van der Waals surface area contributed by atoms with Gasteiger partial charge in [0.2, 0.25) is 11.8 Å². The largest absolute Gasteiger partial charge is 0.436 e. The smallest absolute Gasteiger partial charge is 0.270 e. The molecule has 7 nitrogen and oxygen atoms in total. The number of carbonyl (C=O) groups is 1. The van der Waals surface area contributed by atoms with Gasteiger partial charge in [-0.2, -0.15) is 0 Å². The highest BCUT2D eigenvalue weighted by Gasteiger charge is 2.12. The third-order valence-corrected chi connectivity index (χ3v) is 4.85. The second-order valence-electron chi connectivity index (χ2n) is 6.86. The molecule has 0 aliphatic heterocycles. The van der Waals surface area contributed by atoms with E-state index in [4.69, 9.17) is 16.0 Å². The first-order valence-corrected chi connectivity index (χ1v) is 9.67. The molecule has 1 aromatic heterocycles. The molecule has 31 heavy (non-hydrogen) atoms. The number of nitrogens with one attached hydrogen (secondary N) is 1. The molecule has 0 spiro atoms. The van der Waals surface area contributed by atoms with Crippen molar-refractivity contribution in [2.45, 2.75) is 6.92 Å². The standard InChI is InChI=1S/C23H16ClN3O4/c1-14-5-9-19-21(11-14)31-23(26-19)16-7-8-18(24)20(13-16)25-22(28)10-6-15-3-2-4-17(12-15)27(29)30/h2-13H,1H3,(H,25,28)/b10-6+. The van der Waals surface area contributed by atoms with Gasteiger partial charge in [0.25, 0.3) is 5.69 Å². The van der Waals surface area contributed by atoms with Crippen LogP contribution in [-0.2, 0) is 4.79 Å². The summed E-state index contributed by atoms with van der Waals surface area (Å²) in [5, 5.41) is 13.9. The van der Waals surface area contributed by atoms with Crippen LogP contribution in [0.5, 0.6) is 0 Å². The minimum absolute atomic E-state index is 0.0492. The fraction of sp³-hybridized carbons (Fsp3) is 0.0435. The Hall–Kier alpha value is -3.97. The van der Waals surface area contributed by atoms with Gasteiger partial charge in [-0.25, -0.2) is 4.98 Å². The van der Waals surface area contributed by atoms with E-state index in [0.717, 1.165) is 11.1 Å². The van der Waals surface area contributed by atoms with Crippen molar-refractivity contribution in [2.24, 2.45) is 0 Å². The summed E-state index contributed by atoms with van der Waals surface area (Å²) in [5.74, 6) is -0.0151. The molecule has 0 fully saturated rings. The maximum Gasteiger partial charge on any atom is 0.270 e. The minimum Gasteiger partial charge on any atom is -0.436 e. The predicted octanol–water partition coefficient (Wildman–Crippen LogP) is 6.02. The second-order valence-corrected chi connectivity index (χ2v) is 7.27. The first-order valence-electron chi connectivity index (χ1n) is 9.30. The molecule has 0 aliphatic carbocycles. The van der Waals surface area contributed by atoms with Gasteiger partial charge in [-0.05, 0) is 54.5 Å². The zero-order valence-corrected chi connectivity index (χ0v) is 17.1. The molecule has 0 saturated carbocycles. The van der Waals surface area contributed by atoms with E-state index in [0.29, 0.717) is 33.3 Å². The van der Waals surface area contributed by atoms with Gasteiger partial charge >= 0.3 is 0 Å². The zero-order valence-electron chi connectivity index (χ0n) is 16.3. The molecule has 4 rings (SSSR count). The van der Waals surface area contributed by atoms with Crippen molar-refractivity contribution in [2.75, 3.05) is 5.32 Å². The van der Waals surface area contributed by atoms with Gasteiger partial charge in [-0.3, -0.25) is 14.9 Å². The van der Waals surface area contributed by atoms with Crippen molar-refractivity contribution >= 4 is 46.1 Å². The molecular formula is C23H16ClN3O4. The van der Waals surface area contributed by atoms with Crippen LogP contribution < -0.4 is 5.32 Å². The van der Waals surface area contributed by atoms with Crippen LogP contribution in [0.3, 0.4) is 0 Å². The lowest BCUT2D eigenvalue weighted by atomic mass is 10.2. The summed E-state index contributed by atoms with van der Waals surface area (Å²) in [4.78, 5) is 27.2. The number of oxazole rings is 1. The normalized spacial score (nSPS) is 11.2. The Morgan fingerprint density at radius 1 is 1.16 bits per heavy atom. The van der Waals surface area contributed by atoms with Crippen molar-refractivity contribution < 1.29 is 14.1 Å². The highest BCUT2D eigenvalue weighted by molar-refractivity contribution is 6.34. The summed E-state index contributed by atoms with van der Waals surface area (Å²) >= 11 is 6.24. The Morgan fingerprint density at radius 3 is 2.81 bits per heavy atom. The monoisotopic (exact) mass is 433 g/mol. The molecule has 8 heteroatoms. The Bertz CT molecular complexity index is 1340. The lowest BCUT2D eigenvalue weighted by molar-refractivity contribution is -0.384. The topological polar surface area (TPSA) is 98.3 Å². The molecule has 154 valence electrons. The SMILES string of the molecule is Cc1ccc2nc(-c3ccc(Cl)c(NC(=O)/C=C/c4cccc([N+](=O)[O-])c4)c3)oc2c1. The fourth-order valence-electron chi connectivity index (χ4n) is 3.00. The average molecular weight is 434 g/mol. The second kappa shape index (κ2) is 8.41. The number of amides is 1. The summed E-state index contributed by atoms with van der Waals surface area (Å²) < 4.78 is 5.83. The molecule has 0 aliphatic rings. The number of halogens is 1. The van der Waals surface area contributed by atoms with Gasteiger partial charge < -0.3 is 9.73 Å². The lowest BCUT2D eigenvalue weighted by Crippen LogP contribution is -2.08. The Labute approximate surface area is 182 Å². The van der Waals surface area contributed by atoms with Crippen LogP contribution in [0.25, 0.3) is 28.6 Å². The lowest BCUT2D eigenvalue weighted by Gasteiger charge is -2.06. The maximum atomic E-state index is 12.4. The van der Waals surface area contributed by atoms with E-state index < -0.39 is 10.8 Å². The highest BCUT2D eigenvalue weighted by atomic mass is 35.5. The number of non-ortho nitro benzene ring substituents is 1. The quantitative estimate of drug-likeness (QED) is 0.236. The predicted molar refractivity (Wildman–Crippen MR) is 120 cm³/mol. The van der Waals surface area contributed by atoms with Crippen molar-refractivity contribution in [3.63, 3.8) is 0 Å². The van der Waals surface area contributed by atoms with Crippen LogP contribution in [0.1, 0.15) is 11.1 Å². The van der Waals surface area contributed by atoms with Crippen molar-refractivity contribution in [1.82, 2.24) is 4.98 Å². The fourth-order valence-corrected chi connectivity index (χ4v) is 3.16. The molecule has 1 N–H and O–H groups in total. The molecule has 4 aromatic rings. The number of anilines is 1. The van der Waals surface area contributed by atoms with Crippen LogP contribution in [0.15, 0.2) is 71.2 Å². The number of carbonyl (C=O) groups excluding carboxylic acids is 1. The number of hydrogen-bond donors (Lipinski definition) is 1. The van der Waals surface area contributed by atoms with Crippen molar-refractivity contribution in [3.8, 4) is 11.5 Å². The summed E-state index contributed by atoms with van der Waals surface area (Å²) in [7, 11) is 0. The van der Waals surface area contributed by atoms with Gasteiger partial charge in [0.1, 0.15) is 5.52 Å². The number of benzene rings is 3. The number of nitro benzene ring substituents is 1. The van der Waals surface area contributed by atoms with Crippen LogP contribution in [0.4, 0.5) is 11.4 Å². The summed E-state index contributed by atoms with van der Waals surface area (Å²) in [5.41, 5.74) is 4.02. The number of nitrogens with zero attached hydrogens (tertiary/aromatic N) is 2. The van der Waals surface area contributed by atoms with E-state index in [-0.39, 0.29) is 5.69 Å². The van der Waals surface area contributed by atoms with Crippen LogP contribution in [0.2, 0.25) is 5.02 Å². The minimum atomic E-state index is -0.490. The summed E-state index contributed by atoms with van der Waals surface area (Å²) in [6.07, 6.45) is 2.77. The van der Waals surface area contributed by atoms with Gasteiger partial charge in [0, 0.05) is 23.8 Å². The maximum absolute atomic E-state index is 12.4. The Balaban J connectivity index is 1.55. The molecule has 0 radical (unpaired) electrons. The summed E-state index contributed by atoms with van der Waals surface area (Å²) in [6, 6.07) is 16.8. The van der Waals surface area contributed by atoms with Crippen molar-refractivity contribution in [1.29, 1.82) is 0 Å². The first-order chi connectivity index (χ1) is 14.9. The van der Waals surface area contributed by atoms with E-state index in [2.05, 4.69) is 10.3 Å². The van der Waals surface area contributed by atoms with E-state index >= 15 is 0 Å². The van der Waals surface area contributed by atoms with Gasteiger partial charge in [0.15, 0.2) is 5.58 Å². The van der Waals surface area contributed by atoms with Gasteiger partial charge in [-0.1, -0.05) is 29.8 Å². The van der Waals surface area contributed by atoms with E-state index in [1.165, 1.54) is 24.3 Å². The van der Waals surface area contributed by atoms with Crippen LogP contribution in [0, 0.1) is 17.0 Å². The first kappa shape index (κ1) is 20.3. The number of nitro groups is 1. The van der Waals surface area contributed by atoms with Crippen LogP contribution >= 0.6 is 11.6 Å². The van der Waals surface area contributed by atoms with Gasteiger partial charge in [-0.15, -0.1) is 0 Å². The van der Waals surface area contributed by atoms with Crippen molar-refractivity contribution in [3.05, 3.63) is 93.0 Å². The molecule has 0 saturated heterocycles. The van der Waals surface area contributed by atoms with Crippen LogP contribution in [-0.4, -0.2) is 15.8 Å². The number of hydrogen-bond acceptors (Lipinski definition) is 5. The summed E-state index contributed by atoms with van der Waals surface area (Å²) in [6.45, 7) is 1.97. The van der Waals surface area contributed by atoms with E-state index in [1.807, 2.05) is 25.1 Å². The average Bonchev–Trinajstić information content (AvgIpc) is 3.17. The zero-order chi connectivity index (χ0) is 22.0. The van der Waals surface area contributed by atoms with E-state index in [9.17, 15) is 14.9 Å². The number of aromatic nitrogens is 1. The molecular weight excluding hydrogens is 418 g/mol.